The van der Waals surface area contributed by atoms with Crippen LogP contribution < -0.4 is 0 Å². The topological polar surface area (TPSA) is 40.9 Å². The van der Waals surface area contributed by atoms with Crippen LogP contribution in [0.5, 0.6) is 0 Å². The molecular formula is C16H23NO. The SMILES string of the molecule is CCCCCC(=N)c1ccc(CC(=O)CC)cc1. The molecule has 0 saturated carbocycles. The summed E-state index contributed by atoms with van der Waals surface area (Å²) in [5.74, 6) is 0.265. The molecule has 18 heavy (non-hydrogen) atoms. The van der Waals surface area contributed by atoms with Crippen molar-refractivity contribution in [3.05, 3.63) is 35.4 Å². The smallest absolute Gasteiger partial charge is 0.136 e. The van der Waals surface area contributed by atoms with Gasteiger partial charge in [-0.15, -0.1) is 0 Å². The van der Waals surface area contributed by atoms with E-state index < -0.39 is 0 Å². The number of hydrogen-bond donors (Lipinski definition) is 1. The fraction of sp³-hybridized carbons (Fsp3) is 0.500. The molecule has 0 aliphatic heterocycles. The van der Waals surface area contributed by atoms with Gasteiger partial charge in [0.05, 0.1) is 0 Å². The van der Waals surface area contributed by atoms with E-state index in [1.54, 1.807) is 0 Å². The average molecular weight is 245 g/mol. The zero-order valence-corrected chi connectivity index (χ0v) is 11.5. The Balaban J connectivity index is 2.54. The predicted molar refractivity (Wildman–Crippen MR) is 76.4 cm³/mol. The molecule has 0 fully saturated rings. The molecule has 1 N–H and O–H groups in total. The third kappa shape index (κ3) is 4.82. The molecule has 0 aromatic heterocycles. The molecule has 0 aliphatic rings. The van der Waals surface area contributed by atoms with Gasteiger partial charge in [0.1, 0.15) is 5.78 Å². The van der Waals surface area contributed by atoms with E-state index in [-0.39, 0.29) is 5.78 Å². The lowest BCUT2D eigenvalue weighted by molar-refractivity contribution is -0.118. The third-order valence-electron chi connectivity index (χ3n) is 3.13. The van der Waals surface area contributed by atoms with Crippen molar-refractivity contribution in [3.63, 3.8) is 0 Å². The molecule has 2 heteroatoms. The van der Waals surface area contributed by atoms with Gasteiger partial charge in [0.2, 0.25) is 0 Å². The lowest BCUT2D eigenvalue weighted by Gasteiger charge is -2.05. The minimum atomic E-state index is 0.265. The van der Waals surface area contributed by atoms with E-state index >= 15 is 0 Å². The normalized spacial score (nSPS) is 10.3. The Kier molecular flexibility index (Phi) is 6.34. The van der Waals surface area contributed by atoms with E-state index in [0.717, 1.165) is 24.0 Å². The summed E-state index contributed by atoms with van der Waals surface area (Å²) in [6.45, 7) is 4.06. The first kappa shape index (κ1) is 14.6. The highest BCUT2D eigenvalue weighted by Crippen LogP contribution is 2.11. The molecule has 1 rings (SSSR count). The summed E-state index contributed by atoms with van der Waals surface area (Å²) in [4.78, 5) is 11.3. The summed E-state index contributed by atoms with van der Waals surface area (Å²) in [5, 5.41) is 7.99. The highest BCUT2D eigenvalue weighted by molar-refractivity contribution is 5.98. The lowest BCUT2D eigenvalue weighted by Crippen LogP contribution is -2.02. The monoisotopic (exact) mass is 245 g/mol. The molecule has 2 nitrogen and oxygen atoms in total. The lowest BCUT2D eigenvalue weighted by atomic mass is 10.0. The van der Waals surface area contributed by atoms with Crippen LogP contribution in [-0.2, 0) is 11.2 Å². The van der Waals surface area contributed by atoms with E-state index in [1.807, 2.05) is 31.2 Å². The largest absolute Gasteiger partial charge is 0.305 e. The number of benzene rings is 1. The van der Waals surface area contributed by atoms with E-state index in [9.17, 15) is 4.79 Å². The van der Waals surface area contributed by atoms with Crippen LogP contribution >= 0.6 is 0 Å². The standard InChI is InChI=1S/C16H23NO/c1-3-5-6-7-16(17)14-10-8-13(9-11-14)12-15(18)4-2/h8-11,17H,3-7,12H2,1-2H3. The maximum absolute atomic E-state index is 11.3. The van der Waals surface area contributed by atoms with Gasteiger partial charge in [0, 0.05) is 18.6 Å². The van der Waals surface area contributed by atoms with Crippen LogP contribution in [0.15, 0.2) is 24.3 Å². The van der Waals surface area contributed by atoms with Crippen LogP contribution in [0.2, 0.25) is 0 Å². The molecule has 0 unspecified atom stereocenters. The van der Waals surface area contributed by atoms with Crippen molar-refractivity contribution in [2.75, 3.05) is 0 Å². The number of Topliss-reactive ketones (excluding diaryl/α,β-unsaturated/α-hetero) is 1. The number of nitrogens with one attached hydrogen (secondary N) is 1. The van der Waals surface area contributed by atoms with Crippen LogP contribution in [0, 0.1) is 5.41 Å². The first-order valence-electron chi connectivity index (χ1n) is 6.85. The summed E-state index contributed by atoms with van der Waals surface area (Å²) in [7, 11) is 0. The van der Waals surface area contributed by atoms with Gasteiger partial charge in [0.15, 0.2) is 0 Å². The highest BCUT2D eigenvalue weighted by Gasteiger charge is 2.04. The molecule has 0 atom stereocenters. The minimum absolute atomic E-state index is 0.265. The van der Waals surface area contributed by atoms with Gasteiger partial charge in [-0.3, -0.25) is 4.79 Å². The van der Waals surface area contributed by atoms with Gasteiger partial charge < -0.3 is 5.41 Å². The Morgan fingerprint density at radius 2 is 1.78 bits per heavy atom. The molecule has 0 aliphatic carbocycles. The predicted octanol–water partition coefficient (Wildman–Crippen LogP) is 4.16. The van der Waals surface area contributed by atoms with Gasteiger partial charge in [-0.2, -0.15) is 0 Å². The number of hydrogen-bond acceptors (Lipinski definition) is 2. The van der Waals surface area contributed by atoms with Gasteiger partial charge in [-0.05, 0) is 24.0 Å². The first-order valence-corrected chi connectivity index (χ1v) is 6.85. The molecule has 0 spiro atoms. The minimum Gasteiger partial charge on any atom is -0.305 e. The summed E-state index contributed by atoms with van der Waals surface area (Å²) in [5.41, 5.74) is 2.74. The van der Waals surface area contributed by atoms with E-state index in [1.165, 1.54) is 12.8 Å². The van der Waals surface area contributed by atoms with Crippen molar-refractivity contribution < 1.29 is 4.79 Å². The molecular weight excluding hydrogens is 222 g/mol. The maximum Gasteiger partial charge on any atom is 0.136 e. The Hall–Kier alpha value is -1.44. The fourth-order valence-electron chi connectivity index (χ4n) is 1.87. The quantitative estimate of drug-likeness (QED) is 0.542. The molecule has 0 saturated heterocycles. The van der Waals surface area contributed by atoms with Crippen LogP contribution in [-0.4, -0.2) is 11.5 Å². The van der Waals surface area contributed by atoms with Crippen molar-refractivity contribution in [1.82, 2.24) is 0 Å². The summed E-state index contributed by atoms with van der Waals surface area (Å²) >= 11 is 0. The van der Waals surface area contributed by atoms with E-state index in [4.69, 9.17) is 5.41 Å². The summed E-state index contributed by atoms with van der Waals surface area (Å²) in [6, 6.07) is 7.87. The number of ketones is 1. The molecule has 1 aromatic carbocycles. The van der Waals surface area contributed by atoms with Crippen molar-refractivity contribution in [2.24, 2.45) is 0 Å². The third-order valence-corrected chi connectivity index (χ3v) is 3.13. The Labute approximate surface area is 110 Å². The zero-order chi connectivity index (χ0) is 13.4. The Morgan fingerprint density at radius 1 is 1.11 bits per heavy atom. The average Bonchev–Trinajstić information content (AvgIpc) is 2.39. The maximum atomic E-state index is 11.3. The van der Waals surface area contributed by atoms with Crippen LogP contribution in [0.4, 0.5) is 0 Å². The van der Waals surface area contributed by atoms with Gasteiger partial charge in [-0.25, -0.2) is 0 Å². The number of rotatable bonds is 8. The second kappa shape index (κ2) is 7.80. The molecule has 0 radical (unpaired) electrons. The second-order valence-electron chi connectivity index (χ2n) is 4.70. The summed E-state index contributed by atoms with van der Waals surface area (Å²) < 4.78 is 0. The van der Waals surface area contributed by atoms with Crippen molar-refractivity contribution in [3.8, 4) is 0 Å². The fourth-order valence-corrected chi connectivity index (χ4v) is 1.87. The number of carbonyl (C=O) groups excluding carboxylic acids is 1. The van der Waals surface area contributed by atoms with Crippen LogP contribution in [0.3, 0.4) is 0 Å². The highest BCUT2D eigenvalue weighted by atomic mass is 16.1. The molecule has 0 bridgehead atoms. The first-order chi connectivity index (χ1) is 8.67. The van der Waals surface area contributed by atoms with Crippen LogP contribution in [0.1, 0.15) is 57.1 Å². The zero-order valence-electron chi connectivity index (χ0n) is 11.5. The van der Waals surface area contributed by atoms with E-state index in [0.29, 0.717) is 18.6 Å². The van der Waals surface area contributed by atoms with Crippen LogP contribution in [0.25, 0.3) is 0 Å². The Morgan fingerprint density at radius 3 is 2.33 bits per heavy atom. The molecule has 1 aromatic rings. The molecule has 0 amide bonds. The van der Waals surface area contributed by atoms with Crippen molar-refractivity contribution in [2.45, 2.75) is 52.4 Å². The van der Waals surface area contributed by atoms with Gasteiger partial charge in [-0.1, -0.05) is 51.0 Å². The van der Waals surface area contributed by atoms with E-state index in [2.05, 4.69) is 6.92 Å². The van der Waals surface area contributed by atoms with Crippen molar-refractivity contribution in [1.29, 1.82) is 5.41 Å². The molecule has 0 heterocycles. The van der Waals surface area contributed by atoms with Gasteiger partial charge in [0.25, 0.3) is 0 Å². The van der Waals surface area contributed by atoms with Crippen molar-refractivity contribution >= 4 is 11.5 Å². The number of carbonyl (C=O) groups is 1. The Bertz CT molecular complexity index is 392. The summed E-state index contributed by atoms with van der Waals surface area (Å²) in [6.07, 6.45) is 5.41. The van der Waals surface area contributed by atoms with Gasteiger partial charge >= 0.3 is 0 Å². The number of unbranched alkanes of at least 4 members (excludes halogenated alkanes) is 2. The second-order valence-corrected chi connectivity index (χ2v) is 4.70. The molecule has 98 valence electrons.